The second kappa shape index (κ2) is 6.49. The number of benzene rings is 2. The molecule has 1 N–H and O–H groups in total. The van der Waals surface area contributed by atoms with Crippen LogP contribution in [0.25, 0.3) is 0 Å². The molecule has 0 saturated carbocycles. The highest BCUT2D eigenvalue weighted by Crippen LogP contribution is 2.20. The Kier molecular flexibility index (Phi) is 4.93. The highest BCUT2D eigenvalue weighted by molar-refractivity contribution is 9.10. The minimum Gasteiger partial charge on any atom is -0.282 e. The molecule has 2 rings (SSSR count). The third-order valence-corrected chi connectivity index (χ3v) is 4.54. The molecule has 0 aliphatic carbocycles. The van der Waals surface area contributed by atoms with Crippen molar-refractivity contribution in [1.82, 2.24) is 4.89 Å². The Morgan fingerprint density at radius 2 is 1.85 bits per heavy atom. The van der Waals surface area contributed by atoms with E-state index in [-0.39, 0.29) is 11.5 Å². The number of rotatable bonds is 5. The molecule has 106 valence electrons. The summed E-state index contributed by atoms with van der Waals surface area (Å²) in [6.07, 6.45) is 0. The zero-order chi connectivity index (χ0) is 14.6. The maximum Gasteiger partial charge on any atom is 0.262 e. The van der Waals surface area contributed by atoms with Gasteiger partial charge in [-0.25, -0.2) is 8.42 Å². The van der Waals surface area contributed by atoms with Crippen LogP contribution in [0.3, 0.4) is 0 Å². The van der Waals surface area contributed by atoms with Gasteiger partial charge in [0.1, 0.15) is 0 Å². The molecule has 0 fully saturated rings. The van der Waals surface area contributed by atoms with Crippen LogP contribution in [0, 0.1) is 6.92 Å². The third kappa shape index (κ3) is 3.89. The molecule has 0 amide bonds. The van der Waals surface area contributed by atoms with Crippen molar-refractivity contribution in [2.45, 2.75) is 18.4 Å². The SMILES string of the molecule is Cc1ccc(Br)cc1S(=O)(=O)NOCc1ccccc1. The van der Waals surface area contributed by atoms with E-state index in [9.17, 15) is 8.42 Å². The van der Waals surface area contributed by atoms with E-state index in [2.05, 4.69) is 20.8 Å². The van der Waals surface area contributed by atoms with Gasteiger partial charge in [-0.2, -0.15) is 0 Å². The highest BCUT2D eigenvalue weighted by atomic mass is 79.9. The van der Waals surface area contributed by atoms with E-state index in [1.807, 2.05) is 30.3 Å². The molecule has 0 spiro atoms. The summed E-state index contributed by atoms with van der Waals surface area (Å²) in [7, 11) is -3.69. The fraction of sp³-hybridized carbons (Fsp3) is 0.143. The van der Waals surface area contributed by atoms with E-state index in [1.54, 1.807) is 25.1 Å². The monoisotopic (exact) mass is 355 g/mol. The maximum atomic E-state index is 12.1. The molecular formula is C14H14BrNO3S. The van der Waals surface area contributed by atoms with Crippen LogP contribution < -0.4 is 4.89 Å². The van der Waals surface area contributed by atoms with E-state index < -0.39 is 10.0 Å². The fourth-order valence-electron chi connectivity index (χ4n) is 1.67. The fourth-order valence-corrected chi connectivity index (χ4v) is 3.26. The van der Waals surface area contributed by atoms with Gasteiger partial charge in [0.25, 0.3) is 10.0 Å². The maximum absolute atomic E-state index is 12.1. The van der Waals surface area contributed by atoms with Crippen LogP contribution in [0.1, 0.15) is 11.1 Å². The summed E-state index contributed by atoms with van der Waals surface area (Å²) in [5.74, 6) is 0. The standard InChI is InChI=1S/C14H14BrNO3S/c1-11-7-8-13(15)9-14(11)20(17,18)16-19-10-12-5-3-2-4-6-12/h2-9,16H,10H2,1H3. The number of halogens is 1. The zero-order valence-corrected chi connectivity index (χ0v) is 13.2. The van der Waals surface area contributed by atoms with Crippen LogP contribution in [0.15, 0.2) is 57.9 Å². The molecule has 0 bridgehead atoms. The lowest BCUT2D eigenvalue weighted by atomic mass is 10.2. The second-order valence-electron chi connectivity index (χ2n) is 4.27. The van der Waals surface area contributed by atoms with Crippen molar-refractivity contribution in [3.63, 3.8) is 0 Å². The molecule has 2 aromatic rings. The first kappa shape index (κ1) is 15.2. The number of sulfonamides is 1. The summed E-state index contributed by atoms with van der Waals surface area (Å²) in [5.41, 5.74) is 1.55. The number of hydrogen-bond donors (Lipinski definition) is 1. The van der Waals surface area contributed by atoms with Crippen molar-refractivity contribution < 1.29 is 13.3 Å². The Morgan fingerprint density at radius 1 is 1.15 bits per heavy atom. The minimum atomic E-state index is -3.69. The Bertz CT molecular complexity index is 687. The van der Waals surface area contributed by atoms with Gasteiger partial charge in [-0.1, -0.05) is 57.2 Å². The molecule has 0 aromatic heterocycles. The molecule has 0 saturated heterocycles. The average molecular weight is 356 g/mol. The minimum absolute atomic E-state index is 0.174. The average Bonchev–Trinajstić information content (AvgIpc) is 2.42. The molecule has 0 aliphatic heterocycles. The van der Waals surface area contributed by atoms with E-state index in [0.717, 1.165) is 5.56 Å². The Balaban J connectivity index is 2.06. The summed E-state index contributed by atoms with van der Waals surface area (Å²) < 4.78 is 25.0. The molecule has 2 aromatic carbocycles. The first-order chi connectivity index (χ1) is 9.49. The molecule has 20 heavy (non-hydrogen) atoms. The van der Waals surface area contributed by atoms with Crippen LogP contribution in [0.5, 0.6) is 0 Å². The van der Waals surface area contributed by atoms with Crippen molar-refractivity contribution in [2.24, 2.45) is 0 Å². The summed E-state index contributed by atoms with van der Waals surface area (Å²) in [4.78, 5) is 7.42. The number of hydrogen-bond acceptors (Lipinski definition) is 3. The van der Waals surface area contributed by atoms with E-state index >= 15 is 0 Å². The summed E-state index contributed by atoms with van der Waals surface area (Å²) in [6, 6.07) is 14.4. The lowest BCUT2D eigenvalue weighted by molar-refractivity contribution is 0.0795. The smallest absolute Gasteiger partial charge is 0.262 e. The van der Waals surface area contributed by atoms with E-state index in [4.69, 9.17) is 4.84 Å². The lowest BCUT2D eigenvalue weighted by Crippen LogP contribution is -2.24. The van der Waals surface area contributed by atoms with Crippen molar-refractivity contribution in [3.8, 4) is 0 Å². The van der Waals surface area contributed by atoms with E-state index in [0.29, 0.717) is 10.0 Å². The van der Waals surface area contributed by atoms with Crippen molar-refractivity contribution in [3.05, 3.63) is 64.1 Å². The normalized spacial score (nSPS) is 11.5. The summed E-state index contributed by atoms with van der Waals surface area (Å²) in [6.45, 7) is 1.91. The van der Waals surface area contributed by atoms with Crippen LogP contribution in [0.2, 0.25) is 0 Å². The molecule has 4 nitrogen and oxygen atoms in total. The van der Waals surface area contributed by atoms with E-state index in [1.165, 1.54) is 0 Å². The quantitative estimate of drug-likeness (QED) is 0.838. The van der Waals surface area contributed by atoms with Gasteiger partial charge in [0.15, 0.2) is 0 Å². The molecule has 0 radical (unpaired) electrons. The molecule has 6 heteroatoms. The molecule has 0 unspecified atom stereocenters. The van der Waals surface area contributed by atoms with Crippen LogP contribution in [-0.4, -0.2) is 8.42 Å². The summed E-state index contributed by atoms with van der Waals surface area (Å²) in [5, 5.41) is 0. The Hall–Kier alpha value is -1.21. The van der Waals surface area contributed by atoms with Crippen LogP contribution >= 0.6 is 15.9 Å². The first-order valence-corrected chi connectivity index (χ1v) is 8.20. The molecule has 0 atom stereocenters. The first-order valence-electron chi connectivity index (χ1n) is 5.93. The highest BCUT2D eigenvalue weighted by Gasteiger charge is 2.17. The zero-order valence-electron chi connectivity index (χ0n) is 10.8. The predicted molar refractivity (Wildman–Crippen MR) is 80.4 cm³/mol. The third-order valence-electron chi connectivity index (χ3n) is 2.69. The molecule has 0 heterocycles. The van der Waals surface area contributed by atoms with Gasteiger partial charge in [-0.15, -0.1) is 0 Å². The largest absolute Gasteiger partial charge is 0.282 e. The molecular weight excluding hydrogens is 342 g/mol. The predicted octanol–water partition coefficient (Wildman–Crippen LogP) is 3.17. The van der Waals surface area contributed by atoms with Gasteiger partial charge in [-0.3, -0.25) is 4.84 Å². The number of nitrogens with one attached hydrogen (secondary N) is 1. The lowest BCUT2D eigenvalue weighted by Gasteiger charge is -2.10. The topological polar surface area (TPSA) is 55.4 Å². The molecule has 0 aliphatic rings. The van der Waals surface area contributed by atoms with Gasteiger partial charge in [-0.05, 0) is 30.2 Å². The van der Waals surface area contributed by atoms with Gasteiger partial charge in [0, 0.05) is 4.47 Å². The van der Waals surface area contributed by atoms with Gasteiger partial charge < -0.3 is 0 Å². The Labute approximate surface area is 126 Å². The number of aryl methyl sites for hydroxylation is 1. The summed E-state index contributed by atoms with van der Waals surface area (Å²) >= 11 is 3.26. The van der Waals surface area contributed by atoms with Gasteiger partial charge >= 0.3 is 0 Å². The van der Waals surface area contributed by atoms with Crippen LogP contribution in [-0.2, 0) is 21.5 Å². The van der Waals surface area contributed by atoms with Crippen molar-refractivity contribution in [2.75, 3.05) is 0 Å². The van der Waals surface area contributed by atoms with Gasteiger partial charge in [0.05, 0.1) is 11.5 Å². The Morgan fingerprint density at radius 3 is 2.55 bits per heavy atom. The second-order valence-corrected chi connectivity index (χ2v) is 6.80. The van der Waals surface area contributed by atoms with Crippen molar-refractivity contribution in [1.29, 1.82) is 0 Å². The van der Waals surface area contributed by atoms with Gasteiger partial charge in [0.2, 0.25) is 0 Å². The van der Waals surface area contributed by atoms with Crippen LogP contribution in [0.4, 0.5) is 0 Å². The van der Waals surface area contributed by atoms with Crippen molar-refractivity contribution >= 4 is 26.0 Å².